The number of carbonyl (C=O) groups excluding carboxylic acids is 1. The van der Waals surface area contributed by atoms with Gasteiger partial charge in [-0.3, -0.25) is 14.0 Å². The number of hydrogen-bond acceptors (Lipinski definition) is 8. The lowest BCUT2D eigenvalue weighted by molar-refractivity contribution is 0.0995. The number of hydrogen-bond donors (Lipinski definition) is 4. The van der Waals surface area contributed by atoms with Crippen LogP contribution in [0.1, 0.15) is 23.3 Å². The lowest BCUT2D eigenvalue weighted by Gasteiger charge is -2.13. The molecule has 1 fully saturated rings. The summed E-state index contributed by atoms with van der Waals surface area (Å²) in [5.74, 6) is 0.593. The Hall–Kier alpha value is -3.99. The molecule has 3 aromatic heterocycles. The molecule has 0 unspecified atom stereocenters. The van der Waals surface area contributed by atoms with Crippen LogP contribution in [-0.2, 0) is 7.05 Å². The molecular weight excluding hydrogens is 396 g/mol. The largest absolute Gasteiger partial charge is 0.364 e. The van der Waals surface area contributed by atoms with Crippen molar-refractivity contribution in [1.82, 2.24) is 29.5 Å². The highest BCUT2D eigenvalue weighted by Gasteiger charge is 2.38. The van der Waals surface area contributed by atoms with Crippen LogP contribution < -0.4 is 22.1 Å². The molecule has 1 saturated carbocycles. The maximum atomic E-state index is 11.9. The smallest absolute Gasteiger partial charge is 0.273 e. The van der Waals surface area contributed by atoms with E-state index in [-0.39, 0.29) is 23.0 Å². The van der Waals surface area contributed by atoms with Crippen molar-refractivity contribution in [2.24, 2.45) is 18.5 Å². The number of nitrogens with one attached hydrogen (secondary N) is 2. The van der Waals surface area contributed by atoms with Gasteiger partial charge >= 0.3 is 0 Å². The fourth-order valence-electron chi connectivity index (χ4n) is 3.38. The maximum absolute atomic E-state index is 11.9. The van der Waals surface area contributed by atoms with Crippen molar-refractivity contribution in [3.8, 4) is 5.82 Å². The van der Waals surface area contributed by atoms with Crippen LogP contribution in [0.3, 0.4) is 0 Å². The molecule has 5 rings (SSSR count). The molecule has 1 aliphatic carbocycles. The fourth-order valence-corrected chi connectivity index (χ4v) is 3.38. The van der Waals surface area contributed by atoms with Crippen LogP contribution in [0.4, 0.5) is 17.5 Å². The van der Waals surface area contributed by atoms with Crippen molar-refractivity contribution >= 4 is 34.3 Å². The number of aromatic nitrogens is 6. The number of nitrogens with zero attached hydrogens (tertiary/aromatic N) is 6. The molecule has 11 nitrogen and oxygen atoms in total. The Balaban J connectivity index is 1.49. The van der Waals surface area contributed by atoms with Gasteiger partial charge in [-0.1, -0.05) is 6.07 Å². The third kappa shape index (κ3) is 3.66. The van der Waals surface area contributed by atoms with Gasteiger partial charge in [0.25, 0.3) is 5.91 Å². The quantitative estimate of drug-likeness (QED) is 0.350. The molecule has 0 aliphatic heterocycles. The highest BCUT2D eigenvalue weighted by Crippen LogP contribution is 2.32. The third-order valence-corrected chi connectivity index (χ3v) is 5.34. The molecule has 0 spiro atoms. The maximum Gasteiger partial charge on any atom is 0.273 e. The molecular formula is C20H22N10O. The minimum absolute atomic E-state index is 0.0411. The second-order valence-corrected chi connectivity index (χ2v) is 7.81. The molecule has 1 aromatic carbocycles. The van der Waals surface area contributed by atoms with Gasteiger partial charge in [0.05, 0.1) is 5.52 Å². The van der Waals surface area contributed by atoms with Gasteiger partial charge in [-0.15, -0.1) is 10.2 Å². The van der Waals surface area contributed by atoms with Crippen LogP contribution in [0.2, 0.25) is 0 Å². The lowest BCUT2D eigenvalue weighted by Crippen LogP contribution is -2.32. The average molecular weight is 418 g/mol. The first kappa shape index (κ1) is 19.0. The Morgan fingerprint density at radius 3 is 2.74 bits per heavy atom. The van der Waals surface area contributed by atoms with Crippen LogP contribution in [0.5, 0.6) is 0 Å². The van der Waals surface area contributed by atoms with Crippen LogP contribution in [0.25, 0.3) is 16.7 Å². The van der Waals surface area contributed by atoms with E-state index in [1.807, 2.05) is 54.3 Å². The van der Waals surface area contributed by atoms with Crippen molar-refractivity contribution < 1.29 is 4.79 Å². The van der Waals surface area contributed by atoms with Crippen LogP contribution in [-0.4, -0.2) is 47.5 Å². The first-order valence-corrected chi connectivity index (χ1v) is 9.86. The highest BCUT2D eigenvalue weighted by atomic mass is 16.1. The number of anilines is 3. The number of amides is 1. The average Bonchev–Trinajstić information content (AvgIpc) is 3.12. The molecule has 1 aliphatic rings. The van der Waals surface area contributed by atoms with Gasteiger partial charge in [-0.25, -0.2) is 0 Å². The second kappa shape index (κ2) is 7.06. The minimum atomic E-state index is -0.718. The zero-order chi connectivity index (χ0) is 21.6. The van der Waals surface area contributed by atoms with Gasteiger partial charge in [-0.2, -0.15) is 10.1 Å². The summed E-state index contributed by atoms with van der Waals surface area (Å²) in [6, 6.07) is 9.69. The number of primary amides is 1. The number of carbonyl (C=O) groups is 1. The van der Waals surface area contributed by atoms with E-state index in [2.05, 4.69) is 30.9 Å². The van der Waals surface area contributed by atoms with Crippen LogP contribution >= 0.6 is 0 Å². The Bertz CT molecular complexity index is 1290. The number of benzene rings is 1. The molecule has 0 atom stereocenters. The second-order valence-electron chi connectivity index (χ2n) is 7.81. The molecule has 0 saturated heterocycles. The first-order chi connectivity index (χ1) is 14.9. The standard InChI is InChI=1S/C20H22N10O/c1-29-9-6-15(28-29)30-10-5-12-13(3-2-4-14(12)30)24-18-16(17(21)31)26-27-19(25-18)23-11-20(22)7-8-20/h2-6,9-10H,7-8,11,22H2,1H3,(H2,21,31)(H2,23,24,25,27). The molecule has 1 amide bonds. The van der Waals surface area contributed by atoms with Gasteiger partial charge < -0.3 is 22.1 Å². The van der Waals surface area contributed by atoms with Crippen molar-refractivity contribution in [2.75, 3.05) is 17.2 Å². The summed E-state index contributed by atoms with van der Waals surface area (Å²) in [7, 11) is 1.87. The van der Waals surface area contributed by atoms with Gasteiger partial charge in [0, 0.05) is 48.7 Å². The third-order valence-electron chi connectivity index (χ3n) is 5.34. The van der Waals surface area contributed by atoms with E-state index >= 15 is 0 Å². The zero-order valence-corrected chi connectivity index (χ0v) is 16.9. The van der Waals surface area contributed by atoms with Gasteiger partial charge in [0.15, 0.2) is 17.3 Å². The van der Waals surface area contributed by atoms with Crippen molar-refractivity contribution in [1.29, 1.82) is 0 Å². The predicted octanol–water partition coefficient (Wildman–Crippen LogP) is 1.29. The molecule has 0 radical (unpaired) electrons. The molecule has 158 valence electrons. The molecule has 0 bridgehead atoms. The minimum Gasteiger partial charge on any atom is -0.364 e. The highest BCUT2D eigenvalue weighted by molar-refractivity contribution is 5.99. The summed E-state index contributed by atoms with van der Waals surface area (Å²) in [5, 5.41) is 19.6. The fraction of sp³-hybridized carbons (Fsp3) is 0.250. The Labute approximate surface area is 177 Å². The monoisotopic (exact) mass is 418 g/mol. The number of fused-ring (bicyclic) bond motifs is 1. The van der Waals surface area contributed by atoms with Crippen molar-refractivity contribution in [3.63, 3.8) is 0 Å². The van der Waals surface area contributed by atoms with E-state index in [0.29, 0.717) is 6.54 Å². The number of rotatable bonds is 7. The SMILES string of the molecule is Cn1ccc(-n2ccc3c(Nc4nc(NCC5(N)CC5)nnc4C(N)=O)cccc32)n1. The topological polar surface area (TPSA) is 155 Å². The van der Waals surface area contributed by atoms with Crippen molar-refractivity contribution in [3.05, 3.63) is 48.4 Å². The summed E-state index contributed by atoms with van der Waals surface area (Å²) in [4.78, 5) is 16.3. The zero-order valence-electron chi connectivity index (χ0n) is 16.9. The van der Waals surface area contributed by atoms with Gasteiger partial charge in [0.1, 0.15) is 0 Å². The molecule has 3 heterocycles. The summed E-state index contributed by atoms with van der Waals surface area (Å²) < 4.78 is 3.73. The van der Waals surface area contributed by atoms with Crippen LogP contribution in [0, 0.1) is 0 Å². The van der Waals surface area contributed by atoms with Crippen molar-refractivity contribution in [2.45, 2.75) is 18.4 Å². The summed E-state index contributed by atoms with van der Waals surface area (Å²) in [5.41, 5.74) is 13.0. The van der Waals surface area contributed by atoms with Gasteiger partial charge in [-0.05, 0) is 31.0 Å². The summed E-state index contributed by atoms with van der Waals surface area (Å²) in [6.45, 7) is 0.534. The van der Waals surface area contributed by atoms with E-state index in [1.54, 1.807) is 4.68 Å². The Morgan fingerprint density at radius 1 is 1.19 bits per heavy atom. The summed E-state index contributed by atoms with van der Waals surface area (Å²) >= 11 is 0. The number of nitrogens with two attached hydrogens (primary N) is 2. The van der Waals surface area contributed by atoms with Crippen LogP contribution in [0.15, 0.2) is 42.7 Å². The van der Waals surface area contributed by atoms with E-state index in [4.69, 9.17) is 11.5 Å². The molecule has 11 heteroatoms. The predicted molar refractivity (Wildman–Crippen MR) is 116 cm³/mol. The molecule has 4 aromatic rings. The first-order valence-electron chi connectivity index (χ1n) is 9.86. The summed E-state index contributed by atoms with van der Waals surface area (Å²) in [6.07, 6.45) is 5.73. The normalized spacial score (nSPS) is 14.5. The van der Waals surface area contributed by atoms with E-state index < -0.39 is 5.91 Å². The van der Waals surface area contributed by atoms with E-state index in [1.165, 1.54) is 0 Å². The van der Waals surface area contributed by atoms with E-state index in [9.17, 15) is 4.79 Å². The molecule has 6 N–H and O–H groups in total. The van der Waals surface area contributed by atoms with E-state index in [0.717, 1.165) is 35.2 Å². The van der Waals surface area contributed by atoms with Gasteiger partial charge in [0.2, 0.25) is 5.95 Å². The Morgan fingerprint density at radius 2 is 2.03 bits per heavy atom. The Kier molecular flexibility index (Phi) is 4.33. The molecule has 31 heavy (non-hydrogen) atoms. The number of aryl methyl sites for hydroxylation is 1. The lowest BCUT2D eigenvalue weighted by atomic mass is 10.2.